The molecule has 6 nitrogen and oxygen atoms in total. The molecule has 0 spiro atoms. The summed E-state index contributed by atoms with van der Waals surface area (Å²) in [4.78, 5) is 6.97. The van der Waals surface area contributed by atoms with Crippen LogP contribution in [0, 0.1) is 5.92 Å². The molecule has 2 aliphatic heterocycles. The van der Waals surface area contributed by atoms with Gasteiger partial charge in [0.25, 0.3) is 0 Å². The van der Waals surface area contributed by atoms with E-state index in [1.54, 1.807) is 6.33 Å². The van der Waals surface area contributed by atoms with Crippen LogP contribution in [0.5, 0.6) is 0 Å². The highest BCUT2D eigenvalue weighted by atomic mass is 15.4. The lowest BCUT2D eigenvalue weighted by molar-refractivity contribution is 0.109. The summed E-state index contributed by atoms with van der Waals surface area (Å²) in [5.41, 5.74) is 2.99. The zero-order valence-electron chi connectivity index (χ0n) is 11.8. The first-order valence-corrected chi connectivity index (χ1v) is 7.30. The van der Waals surface area contributed by atoms with Crippen molar-refractivity contribution in [3.8, 4) is 0 Å². The molecular formula is C13H24N6. The summed E-state index contributed by atoms with van der Waals surface area (Å²) in [7, 11) is 2.26. The molecule has 19 heavy (non-hydrogen) atoms. The Kier molecular flexibility index (Phi) is 3.56. The number of nitrogens with zero attached hydrogens (tertiary/aromatic N) is 4. The summed E-state index contributed by atoms with van der Waals surface area (Å²) in [6.07, 6.45) is 6.70. The SMILES string of the molecule is CCn1ncnc1C(NN)C1CC2CCC(C1)N2C. The molecule has 3 heterocycles. The number of aryl methyl sites for hydroxylation is 1. The summed E-state index contributed by atoms with van der Waals surface area (Å²) in [6, 6.07) is 1.56. The van der Waals surface area contributed by atoms with E-state index in [-0.39, 0.29) is 6.04 Å². The summed E-state index contributed by atoms with van der Waals surface area (Å²) < 4.78 is 1.95. The largest absolute Gasteiger partial charge is 0.300 e. The number of nitrogens with one attached hydrogen (secondary N) is 1. The van der Waals surface area contributed by atoms with Crippen molar-refractivity contribution in [3.05, 3.63) is 12.2 Å². The van der Waals surface area contributed by atoms with E-state index < -0.39 is 0 Å². The summed E-state index contributed by atoms with van der Waals surface area (Å²) in [5.74, 6) is 7.37. The van der Waals surface area contributed by atoms with Crippen LogP contribution in [0.3, 0.4) is 0 Å². The lowest BCUT2D eigenvalue weighted by atomic mass is 9.85. The first-order chi connectivity index (χ1) is 9.24. The fraction of sp³-hybridized carbons (Fsp3) is 0.846. The van der Waals surface area contributed by atoms with E-state index in [2.05, 4.69) is 34.4 Å². The van der Waals surface area contributed by atoms with Crippen molar-refractivity contribution in [2.75, 3.05) is 7.05 Å². The Morgan fingerprint density at radius 3 is 2.68 bits per heavy atom. The van der Waals surface area contributed by atoms with Crippen LogP contribution in [0.1, 0.15) is 44.5 Å². The van der Waals surface area contributed by atoms with Gasteiger partial charge in [-0.2, -0.15) is 5.10 Å². The normalized spacial score (nSPS) is 32.7. The van der Waals surface area contributed by atoms with Gasteiger partial charge in [-0.15, -0.1) is 0 Å². The maximum Gasteiger partial charge on any atom is 0.145 e. The van der Waals surface area contributed by atoms with Crippen molar-refractivity contribution >= 4 is 0 Å². The quantitative estimate of drug-likeness (QED) is 0.618. The highest BCUT2D eigenvalue weighted by Crippen LogP contribution is 2.41. The van der Waals surface area contributed by atoms with Crippen molar-refractivity contribution in [2.24, 2.45) is 11.8 Å². The van der Waals surface area contributed by atoms with Crippen LogP contribution in [0.25, 0.3) is 0 Å². The number of rotatable bonds is 4. The number of nitrogens with two attached hydrogens (primary N) is 1. The highest BCUT2D eigenvalue weighted by molar-refractivity contribution is 5.03. The molecule has 0 amide bonds. The van der Waals surface area contributed by atoms with E-state index in [1.807, 2.05) is 4.68 Å². The number of fused-ring (bicyclic) bond motifs is 2. The number of hydrazine groups is 1. The van der Waals surface area contributed by atoms with Gasteiger partial charge in [0, 0.05) is 18.6 Å². The Morgan fingerprint density at radius 1 is 1.42 bits per heavy atom. The van der Waals surface area contributed by atoms with Crippen LogP contribution in [0.4, 0.5) is 0 Å². The lowest BCUT2D eigenvalue weighted by Gasteiger charge is -2.39. The molecule has 6 heteroatoms. The van der Waals surface area contributed by atoms with Gasteiger partial charge in [0.2, 0.25) is 0 Å². The van der Waals surface area contributed by atoms with Crippen LogP contribution in [0.2, 0.25) is 0 Å². The first kappa shape index (κ1) is 13.0. The van der Waals surface area contributed by atoms with E-state index in [4.69, 9.17) is 5.84 Å². The van der Waals surface area contributed by atoms with Gasteiger partial charge in [-0.1, -0.05) is 0 Å². The van der Waals surface area contributed by atoms with Crippen molar-refractivity contribution in [1.82, 2.24) is 25.1 Å². The van der Waals surface area contributed by atoms with Crippen LogP contribution in [0.15, 0.2) is 6.33 Å². The Bertz CT molecular complexity index is 417. The van der Waals surface area contributed by atoms with E-state index in [1.165, 1.54) is 25.7 Å². The third-order valence-corrected chi connectivity index (χ3v) is 5.01. The van der Waals surface area contributed by atoms with Crippen molar-refractivity contribution in [3.63, 3.8) is 0 Å². The fourth-order valence-corrected chi connectivity index (χ4v) is 3.90. The Hall–Kier alpha value is -0.980. The topological polar surface area (TPSA) is 72.0 Å². The average molecular weight is 264 g/mol. The van der Waals surface area contributed by atoms with Crippen molar-refractivity contribution in [2.45, 2.75) is 57.3 Å². The Balaban J connectivity index is 1.80. The zero-order valence-corrected chi connectivity index (χ0v) is 11.8. The maximum absolute atomic E-state index is 5.82. The molecule has 2 aliphatic rings. The minimum Gasteiger partial charge on any atom is -0.300 e. The second kappa shape index (κ2) is 5.19. The molecule has 2 fully saturated rings. The van der Waals surface area contributed by atoms with Crippen LogP contribution >= 0.6 is 0 Å². The van der Waals surface area contributed by atoms with E-state index in [9.17, 15) is 0 Å². The van der Waals surface area contributed by atoms with Gasteiger partial charge in [-0.25, -0.2) is 15.1 Å². The molecule has 2 bridgehead atoms. The van der Waals surface area contributed by atoms with E-state index in [0.717, 1.165) is 24.5 Å². The molecule has 2 saturated heterocycles. The first-order valence-electron chi connectivity index (χ1n) is 7.30. The minimum atomic E-state index is 0.124. The molecule has 0 saturated carbocycles. The lowest BCUT2D eigenvalue weighted by Crippen LogP contribution is -2.45. The average Bonchev–Trinajstić information content (AvgIpc) is 2.93. The van der Waals surface area contributed by atoms with E-state index >= 15 is 0 Å². The second-order valence-electron chi connectivity index (χ2n) is 5.86. The molecule has 3 N–H and O–H groups in total. The van der Waals surface area contributed by atoms with Crippen LogP contribution in [-0.2, 0) is 6.54 Å². The molecule has 0 aromatic carbocycles. The molecule has 106 valence electrons. The van der Waals surface area contributed by atoms with Crippen molar-refractivity contribution < 1.29 is 0 Å². The molecule has 3 unspecified atom stereocenters. The van der Waals surface area contributed by atoms with Crippen LogP contribution in [-0.4, -0.2) is 38.8 Å². The highest BCUT2D eigenvalue weighted by Gasteiger charge is 2.42. The van der Waals surface area contributed by atoms with Gasteiger partial charge in [0.1, 0.15) is 12.2 Å². The van der Waals surface area contributed by atoms with Gasteiger partial charge in [-0.05, 0) is 45.6 Å². The molecule has 1 aromatic rings. The minimum absolute atomic E-state index is 0.124. The van der Waals surface area contributed by atoms with Gasteiger partial charge >= 0.3 is 0 Å². The third-order valence-electron chi connectivity index (χ3n) is 5.01. The Labute approximate surface area is 114 Å². The third kappa shape index (κ3) is 2.17. The number of hydrogen-bond donors (Lipinski definition) is 2. The second-order valence-corrected chi connectivity index (χ2v) is 5.86. The van der Waals surface area contributed by atoms with Gasteiger partial charge in [-0.3, -0.25) is 5.84 Å². The zero-order chi connectivity index (χ0) is 13.4. The summed E-state index contributed by atoms with van der Waals surface area (Å²) >= 11 is 0. The molecule has 3 atom stereocenters. The number of piperidine rings is 1. The molecule has 0 radical (unpaired) electrons. The number of aromatic nitrogens is 3. The Morgan fingerprint density at radius 2 is 2.11 bits per heavy atom. The van der Waals surface area contributed by atoms with Gasteiger partial charge in [0.15, 0.2) is 0 Å². The van der Waals surface area contributed by atoms with E-state index in [0.29, 0.717) is 5.92 Å². The van der Waals surface area contributed by atoms with Gasteiger partial charge in [0.05, 0.1) is 6.04 Å². The monoisotopic (exact) mass is 264 g/mol. The molecule has 1 aromatic heterocycles. The standard InChI is InChI=1S/C13H24N6/c1-3-19-13(15-8-16-19)12(17-14)9-6-10-4-5-11(7-9)18(10)2/h8-12,17H,3-7,14H2,1-2H3. The van der Waals surface area contributed by atoms with Crippen LogP contribution < -0.4 is 11.3 Å². The maximum atomic E-state index is 5.82. The predicted molar refractivity (Wildman–Crippen MR) is 73.1 cm³/mol. The fourth-order valence-electron chi connectivity index (χ4n) is 3.90. The predicted octanol–water partition coefficient (Wildman–Crippen LogP) is 0.675. The summed E-state index contributed by atoms with van der Waals surface area (Å²) in [6.45, 7) is 2.93. The molecule has 3 rings (SSSR count). The van der Waals surface area contributed by atoms with Crippen molar-refractivity contribution in [1.29, 1.82) is 0 Å². The number of hydrogen-bond acceptors (Lipinski definition) is 5. The molecular weight excluding hydrogens is 240 g/mol. The summed E-state index contributed by atoms with van der Waals surface area (Å²) in [5, 5.41) is 4.27. The molecule has 0 aliphatic carbocycles. The smallest absolute Gasteiger partial charge is 0.145 e. The van der Waals surface area contributed by atoms with Gasteiger partial charge < -0.3 is 4.90 Å².